The van der Waals surface area contributed by atoms with Crippen LogP contribution >= 0.6 is 0 Å². The number of hydrogen-bond acceptors (Lipinski definition) is 5. The number of esters is 1. The molecule has 29 heavy (non-hydrogen) atoms. The van der Waals surface area contributed by atoms with E-state index in [1.807, 2.05) is 37.3 Å². The lowest BCUT2D eigenvalue weighted by Gasteiger charge is -2.05. The molecule has 0 saturated heterocycles. The molecule has 5 heteroatoms. The van der Waals surface area contributed by atoms with Gasteiger partial charge in [-0.3, -0.25) is 4.79 Å². The molecule has 0 aromatic heterocycles. The first-order valence-electron chi connectivity index (χ1n) is 9.22. The number of rotatable bonds is 5. The van der Waals surface area contributed by atoms with Crippen LogP contribution in [0, 0.1) is 0 Å². The van der Waals surface area contributed by atoms with Gasteiger partial charge in [-0.25, -0.2) is 4.79 Å². The molecule has 0 amide bonds. The number of hydrogen-bond donors (Lipinski definition) is 0. The maximum Gasteiger partial charge on any atom is 0.343 e. The zero-order valence-electron chi connectivity index (χ0n) is 15.8. The Bertz CT molecular complexity index is 1080. The van der Waals surface area contributed by atoms with E-state index < -0.39 is 5.97 Å². The Morgan fingerprint density at radius 3 is 2.41 bits per heavy atom. The third-order valence-electron chi connectivity index (χ3n) is 4.35. The third kappa shape index (κ3) is 4.04. The Labute approximate surface area is 168 Å². The second kappa shape index (κ2) is 8.02. The van der Waals surface area contributed by atoms with Crippen molar-refractivity contribution in [2.24, 2.45) is 0 Å². The Balaban J connectivity index is 1.51. The van der Waals surface area contributed by atoms with Gasteiger partial charge in [0.15, 0.2) is 5.76 Å². The van der Waals surface area contributed by atoms with Gasteiger partial charge in [0.2, 0.25) is 5.78 Å². The molecule has 3 aromatic rings. The van der Waals surface area contributed by atoms with Gasteiger partial charge in [-0.2, -0.15) is 0 Å². The summed E-state index contributed by atoms with van der Waals surface area (Å²) in [6, 6.07) is 20.8. The highest BCUT2D eigenvalue weighted by atomic mass is 16.5. The summed E-state index contributed by atoms with van der Waals surface area (Å²) in [6.07, 6.45) is 1.67. The van der Waals surface area contributed by atoms with Gasteiger partial charge in [0.1, 0.15) is 17.2 Å². The summed E-state index contributed by atoms with van der Waals surface area (Å²) in [5.41, 5.74) is 1.70. The third-order valence-corrected chi connectivity index (χ3v) is 4.35. The lowest BCUT2D eigenvalue weighted by atomic mass is 10.1. The molecular formula is C24H18O5. The van der Waals surface area contributed by atoms with Crippen molar-refractivity contribution in [2.45, 2.75) is 6.92 Å². The van der Waals surface area contributed by atoms with E-state index >= 15 is 0 Å². The lowest BCUT2D eigenvalue weighted by molar-refractivity contribution is 0.0734. The molecule has 0 spiro atoms. The van der Waals surface area contributed by atoms with Gasteiger partial charge >= 0.3 is 5.97 Å². The van der Waals surface area contributed by atoms with Crippen LogP contribution in [0.3, 0.4) is 0 Å². The summed E-state index contributed by atoms with van der Waals surface area (Å²) in [7, 11) is 0. The number of ketones is 1. The van der Waals surface area contributed by atoms with Crippen LogP contribution < -0.4 is 14.2 Å². The van der Waals surface area contributed by atoms with Gasteiger partial charge in [-0.1, -0.05) is 30.3 Å². The van der Waals surface area contributed by atoms with Gasteiger partial charge in [-0.05, 0) is 55.0 Å². The van der Waals surface area contributed by atoms with Crippen molar-refractivity contribution in [3.63, 3.8) is 0 Å². The van der Waals surface area contributed by atoms with Gasteiger partial charge in [0.25, 0.3) is 0 Å². The minimum Gasteiger partial charge on any atom is -0.494 e. The van der Waals surface area contributed by atoms with E-state index in [9.17, 15) is 9.59 Å². The smallest absolute Gasteiger partial charge is 0.343 e. The highest BCUT2D eigenvalue weighted by molar-refractivity contribution is 6.14. The van der Waals surface area contributed by atoms with Gasteiger partial charge in [0, 0.05) is 6.07 Å². The van der Waals surface area contributed by atoms with Crippen LogP contribution in [0.5, 0.6) is 17.2 Å². The zero-order valence-corrected chi connectivity index (χ0v) is 15.8. The van der Waals surface area contributed by atoms with Gasteiger partial charge in [-0.15, -0.1) is 0 Å². The van der Waals surface area contributed by atoms with Crippen LogP contribution in [0.4, 0.5) is 0 Å². The first-order valence-corrected chi connectivity index (χ1v) is 9.22. The van der Waals surface area contributed by atoms with Crippen LogP contribution in [0.25, 0.3) is 6.08 Å². The molecule has 0 unspecified atom stereocenters. The van der Waals surface area contributed by atoms with E-state index in [1.54, 1.807) is 48.5 Å². The molecule has 1 heterocycles. The largest absolute Gasteiger partial charge is 0.494 e. The van der Waals surface area contributed by atoms with Gasteiger partial charge in [0.05, 0.1) is 17.7 Å². The Morgan fingerprint density at radius 1 is 0.966 bits per heavy atom. The highest BCUT2D eigenvalue weighted by Gasteiger charge is 2.28. The fraction of sp³-hybridized carbons (Fsp3) is 0.0833. The van der Waals surface area contributed by atoms with E-state index in [1.165, 1.54) is 0 Å². The minimum absolute atomic E-state index is 0.213. The number of allylic oxidation sites excluding steroid dienone is 1. The molecule has 0 atom stereocenters. The van der Waals surface area contributed by atoms with Crippen molar-refractivity contribution in [1.82, 2.24) is 0 Å². The molecule has 144 valence electrons. The lowest BCUT2D eigenvalue weighted by Crippen LogP contribution is -2.08. The Kier molecular flexibility index (Phi) is 5.12. The van der Waals surface area contributed by atoms with E-state index in [0.717, 1.165) is 11.3 Å². The predicted molar refractivity (Wildman–Crippen MR) is 108 cm³/mol. The normalized spacial score (nSPS) is 13.7. The van der Waals surface area contributed by atoms with Crippen molar-refractivity contribution in [2.75, 3.05) is 6.61 Å². The number of fused-ring (bicyclic) bond motifs is 1. The zero-order chi connectivity index (χ0) is 20.2. The molecule has 1 aliphatic heterocycles. The van der Waals surface area contributed by atoms with Crippen LogP contribution in [0.1, 0.15) is 33.2 Å². The fourth-order valence-corrected chi connectivity index (χ4v) is 2.95. The quantitative estimate of drug-likeness (QED) is 0.354. The molecule has 1 aliphatic rings. The summed E-state index contributed by atoms with van der Waals surface area (Å²) in [5.74, 6) is 0.977. The van der Waals surface area contributed by atoms with Crippen LogP contribution in [0.15, 0.2) is 78.6 Å². The predicted octanol–water partition coefficient (Wildman–Crippen LogP) is 4.92. The molecule has 5 nitrogen and oxygen atoms in total. The summed E-state index contributed by atoms with van der Waals surface area (Å²) in [6.45, 7) is 2.51. The maximum atomic E-state index is 12.6. The standard InChI is InChI=1S/C24H18O5/c1-2-27-18-10-8-16(9-11-18)14-22-23(25)20-13-12-19(15-21(20)29-22)28-24(26)17-6-4-3-5-7-17/h3-15H,2H2,1H3/b22-14-. The second-order valence-electron chi connectivity index (χ2n) is 6.36. The van der Waals surface area contributed by atoms with Crippen molar-refractivity contribution >= 4 is 17.8 Å². The van der Waals surface area contributed by atoms with Crippen LogP contribution in [-0.4, -0.2) is 18.4 Å². The molecule has 0 fully saturated rings. The maximum absolute atomic E-state index is 12.6. The number of ether oxygens (including phenoxy) is 3. The number of benzene rings is 3. The number of carbonyl (C=O) groups excluding carboxylic acids is 2. The molecule has 0 radical (unpaired) electrons. The monoisotopic (exact) mass is 386 g/mol. The topological polar surface area (TPSA) is 61.8 Å². The van der Waals surface area contributed by atoms with Gasteiger partial charge < -0.3 is 14.2 Å². The molecule has 0 saturated carbocycles. The fourth-order valence-electron chi connectivity index (χ4n) is 2.95. The van der Waals surface area contributed by atoms with Crippen LogP contribution in [0.2, 0.25) is 0 Å². The average molecular weight is 386 g/mol. The summed E-state index contributed by atoms with van der Waals surface area (Å²) >= 11 is 0. The van der Waals surface area contributed by atoms with E-state index in [4.69, 9.17) is 14.2 Å². The molecule has 0 aliphatic carbocycles. The van der Waals surface area contributed by atoms with Crippen molar-refractivity contribution < 1.29 is 23.8 Å². The minimum atomic E-state index is -0.472. The molecular weight excluding hydrogens is 368 g/mol. The number of Topliss-reactive ketones (excluding diaryl/α,β-unsaturated/α-hetero) is 1. The van der Waals surface area contributed by atoms with E-state index in [0.29, 0.717) is 29.2 Å². The summed E-state index contributed by atoms with van der Waals surface area (Å²) < 4.78 is 16.5. The van der Waals surface area contributed by atoms with Crippen molar-refractivity contribution in [1.29, 1.82) is 0 Å². The second-order valence-corrected chi connectivity index (χ2v) is 6.36. The molecule has 0 N–H and O–H groups in total. The van der Waals surface area contributed by atoms with Crippen LogP contribution in [-0.2, 0) is 0 Å². The molecule has 3 aromatic carbocycles. The SMILES string of the molecule is CCOc1ccc(/C=C2\Oc3cc(OC(=O)c4ccccc4)ccc3C2=O)cc1. The van der Waals surface area contributed by atoms with Crippen molar-refractivity contribution in [3.8, 4) is 17.2 Å². The Morgan fingerprint density at radius 2 is 1.69 bits per heavy atom. The number of carbonyl (C=O) groups is 2. The molecule has 4 rings (SSSR count). The van der Waals surface area contributed by atoms with Crippen molar-refractivity contribution in [3.05, 3.63) is 95.2 Å². The average Bonchev–Trinajstić information content (AvgIpc) is 3.05. The highest BCUT2D eigenvalue weighted by Crippen LogP contribution is 2.35. The first-order chi connectivity index (χ1) is 14.1. The first kappa shape index (κ1) is 18.5. The summed E-state index contributed by atoms with van der Waals surface area (Å²) in [4.78, 5) is 24.8. The van der Waals surface area contributed by atoms with E-state index in [2.05, 4.69) is 0 Å². The van der Waals surface area contributed by atoms with E-state index in [-0.39, 0.29) is 11.5 Å². The summed E-state index contributed by atoms with van der Waals surface area (Å²) in [5, 5.41) is 0. The Hall–Kier alpha value is -3.86. The molecule has 0 bridgehead atoms.